The Morgan fingerprint density at radius 3 is 2.72 bits per heavy atom. The van der Waals surface area contributed by atoms with Gasteiger partial charge in [-0.3, -0.25) is 20.2 Å². The molecule has 0 radical (unpaired) electrons. The van der Waals surface area contributed by atoms with Gasteiger partial charge < -0.3 is 4.74 Å². The fourth-order valence-corrected chi connectivity index (χ4v) is 1.61. The Labute approximate surface area is 107 Å². The minimum Gasteiger partial charge on any atom is -0.448 e. The normalized spacial score (nSPS) is 12.9. The molecule has 3 amide bonds. The maximum absolute atomic E-state index is 11.4. The average Bonchev–Trinajstić information content (AvgIpc) is 2.62. The van der Waals surface area contributed by atoms with E-state index in [4.69, 9.17) is 16.3 Å². The highest BCUT2D eigenvalue weighted by Crippen LogP contribution is 2.20. The van der Waals surface area contributed by atoms with Crippen molar-refractivity contribution in [1.29, 1.82) is 0 Å². The van der Waals surface area contributed by atoms with E-state index in [1.807, 2.05) is 0 Å². The number of nitrogens with one attached hydrogen (secondary N) is 2. The summed E-state index contributed by atoms with van der Waals surface area (Å²) in [7, 11) is 0. The van der Waals surface area contributed by atoms with Crippen LogP contribution >= 0.6 is 11.6 Å². The van der Waals surface area contributed by atoms with E-state index in [1.54, 1.807) is 0 Å². The van der Waals surface area contributed by atoms with Crippen LogP contribution in [0.3, 0.4) is 0 Å². The molecule has 6 nitrogen and oxygen atoms in total. The molecule has 0 bridgehead atoms. The van der Waals surface area contributed by atoms with Crippen LogP contribution in [0.15, 0.2) is 18.2 Å². The molecular formula is C11H9ClN2O4. The number of anilines is 1. The number of hydrogen-bond acceptors (Lipinski definition) is 4. The van der Waals surface area contributed by atoms with Crippen molar-refractivity contribution in [3.63, 3.8) is 0 Å². The van der Waals surface area contributed by atoms with Crippen molar-refractivity contribution in [2.75, 3.05) is 17.8 Å². The molecule has 7 heteroatoms. The molecule has 2 N–H and O–H groups in total. The van der Waals surface area contributed by atoms with Crippen molar-refractivity contribution in [3.05, 3.63) is 29.3 Å². The first kappa shape index (κ1) is 12.4. The Bertz CT molecular complexity index is 530. The number of imide groups is 1. The van der Waals surface area contributed by atoms with Crippen LogP contribution in [0.25, 0.3) is 0 Å². The summed E-state index contributed by atoms with van der Waals surface area (Å²) in [6, 6.07) is 4.39. The van der Waals surface area contributed by atoms with Crippen molar-refractivity contribution >= 4 is 35.2 Å². The van der Waals surface area contributed by atoms with Crippen LogP contribution in [0.5, 0.6) is 0 Å². The van der Waals surface area contributed by atoms with Gasteiger partial charge in [0.1, 0.15) is 6.61 Å². The lowest BCUT2D eigenvalue weighted by Crippen LogP contribution is -2.19. The van der Waals surface area contributed by atoms with Crippen LogP contribution in [-0.2, 0) is 4.74 Å². The maximum atomic E-state index is 11.4. The summed E-state index contributed by atoms with van der Waals surface area (Å²) in [4.78, 5) is 33.9. The van der Waals surface area contributed by atoms with E-state index in [0.717, 1.165) is 0 Å². The number of hydrogen-bond donors (Lipinski definition) is 2. The minimum absolute atomic E-state index is 0.0945. The summed E-state index contributed by atoms with van der Waals surface area (Å²) < 4.78 is 4.71. The molecule has 0 fully saturated rings. The first-order valence-electron chi connectivity index (χ1n) is 5.11. The number of halogens is 1. The molecule has 1 aliphatic heterocycles. The standard InChI is InChI=1S/C11H9ClN2O4/c12-3-4-18-11(17)13-6-1-2-7-8(5-6)10(16)14-9(7)15/h1-2,5H,3-4H2,(H,13,17)(H,14,15,16). The van der Waals surface area contributed by atoms with Gasteiger partial charge in [-0.2, -0.15) is 0 Å². The van der Waals surface area contributed by atoms with E-state index in [2.05, 4.69) is 10.6 Å². The second-order valence-corrected chi connectivity index (χ2v) is 3.87. The number of amides is 3. The number of ether oxygens (including phenoxy) is 1. The Kier molecular flexibility index (Phi) is 3.47. The van der Waals surface area contributed by atoms with Gasteiger partial charge in [-0.15, -0.1) is 11.6 Å². The highest BCUT2D eigenvalue weighted by atomic mass is 35.5. The average molecular weight is 269 g/mol. The van der Waals surface area contributed by atoms with Crippen LogP contribution in [0.2, 0.25) is 0 Å². The van der Waals surface area contributed by atoms with Gasteiger partial charge in [0.05, 0.1) is 17.0 Å². The Hall–Kier alpha value is -2.08. The molecule has 0 aliphatic carbocycles. The number of rotatable bonds is 3. The fraction of sp³-hybridized carbons (Fsp3) is 0.182. The molecule has 94 valence electrons. The zero-order valence-corrected chi connectivity index (χ0v) is 9.91. The van der Waals surface area contributed by atoms with E-state index in [-0.39, 0.29) is 18.1 Å². The van der Waals surface area contributed by atoms with Gasteiger partial charge in [-0.1, -0.05) is 0 Å². The van der Waals surface area contributed by atoms with Crippen LogP contribution in [-0.4, -0.2) is 30.4 Å². The second kappa shape index (κ2) is 5.05. The molecule has 2 rings (SSSR count). The first-order chi connectivity index (χ1) is 8.61. The van der Waals surface area contributed by atoms with Crippen LogP contribution < -0.4 is 10.6 Å². The summed E-state index contributed by atoms with van der Waals surface area (Å²) in [6.45, 7) is 0.0945. The predicted octanol–water partition coefficient (Wildman–Crippen LogP) is 1.36. The van der Waals surface area contributed by atoms with E-state index in [9.17, 15) is 14.4 Å². The lowest BCUT2D eigenvalue weighted by Gasteiger charge is -2.06. The van der Waals surface area contributed by atoms with Gasteiger partial charge in [0.15, 0.2) is 0 Å². The molecular weight excluding hydrogens is 260 g/mol. The molecule has 1 aromatic carbocycles. The van der Waals surface area contributed by atoms with E-state index < -0.39 is 17.9 Å². The minimum atomic E-state index is -0.666. The highest BCUT2D eigenvalue weighted by Gasteiger charge is 2.26. The molecule has 0 aromatic heterocycles. The fourth-order valence-electron chi connectivity index (χ4n) is 1.53. The number of carbonyl (C=O) groups is 3. The monoisotopic (exact) mass is 268 g/mol. The highest BCUT2D eigenvalue weighted by molar-refractivity contribution is 6.22. The summed E-state index contributed by atoms with van der Waals surface area (Å²) in [5.41, 5.74) is 0.896. The molecule has 0 atom stereocenters. The van der Waals surface area contributed by atoms with E-state index in [1.165, 1.54) is 18.2 Å². The topological polar surface area (TPSA) is 84.5 Å². The molecule has 1 heterocycles. The Balaban J connectivity index is 2.13. The molecule has 1 aromatic rings. The predicted molar refractivity (Wildman–Crippen MR) is 63.9 cm³/mol. The third-order valence-electron chi connectivity index (χ3n) is 2.29. The summed E-state index contributed by atoms with van der Waals surface area (Å²) >= 11 is 5.37. The van der Waals surface area contributed by atoms with Gasteiger partial charge in [0, 0.05) is 5.69 Å². The number of carbonyl (C=O) groups excluding carboxylic acids is 3. The molecule has 0 spiro atoms. The number of benzene rings is 1. The summed E-state index contributed by atoms with van der Waals surface area (Å²) in [5, 5.41) is 4.59. The molecule has 0 unspecified atom stereocenters. The van der Waals surface area contributed by atoms with Gasteiger partial charge in [0.2, 0.25) is 0 Å². The van der Waals surface area contributed by atoms with Crippen LogP contribution in [0, 0.1) is 0 Å². The van der Waals surface area contributed by atoms with Gasteiger partial charge >= 0.3 is 6.09 Å². The quantitative estimate of drug-likeness (QED) is 0.640. The van der Waals surface area contributed by atoms with Gasteiger partial charge in [-0.25, -0.2) is 4.79 Å². The molecule has 0 saturated heterocycles. The lowest BCUT2D eigenvalue weighted by atomic mass is 10.1. The van der Waals surface area contributed by atoms with Crippen molar-refractivity contribution < 1.29 is 19.1 Å². The lowest BCUT2D eigenvalue weighted by molar-refractivity contribution is 0.0879. The van der Waals surface area contributed by atoms with Crippen molar-refractivity contribution in [2.24, 2.45) is 0 Å². The smallest absolute Gasteiger partial charge is 0.411 e. The number of alkyl halides is 1. The maximum Gasteiger partial charge on any atom is 0.411 e. The number of fused-ring (bicyclic) bond motifs is 1. The summed E-state index contributed by atoms with van der Waals surface area (Å²) in [6.07, 6.45) is -0.666. The third kappa shape index (κ3) is 2.43. The summed E-state index contributed by atoms with van der Waals surface area (Å²) in [5.74, 6) is -0.715. The van der Waals surface area contributed by atoms with Crippen molar-refractivity contribution in [3.8, 4) is 0 Å². The first-order valence-corrected chi connectivity index (χ1v) is 5.64. The van der Waals surface area contributed by atoms with Crippen molar-refractivity contribution in [1.82, 2.24) is 5.32 Å². The third-order valence-corrected chi connectivity index (χ3v) is 2.45. The van der Waals surface area contributed by atoms with Gasteiger partial charge in [-0.05, 0) is 18.2 Å². The van der Waals surface area contributed by atoms with E-state index >= 15 is 0 Å². The zero-order chi connectivity index (χ0) is 13.1. The second-order valence-electron chi connectivity index (χ2n) is 3.49. The Morgan fingerprint density at radius 1 is 1.28 bits per heavy atom. The largest absolute Gasteiger partial charge is 0.448 e. The van der Waals surface area contributed by atoms with Crippen LogP contribution in [0.1, 0.15) is 20.7 Å². The Morgan fingerprint density at radius 2 is 2.00 bits per heavy atom. The van der Waals surface area contributed by atoms with Gasteiger partial charge in [0.25, 0.3) is 11.8 Å². The van der Waals surface area contributed by atoms with E-state index in [0.29, 0.717) is 11.3 Å². The SMILES string of the molecule is O=C(Nc1ccc2c(c1)C(=O)NC2=O)OCCCl. The molecule has 0 saturated carbocycles. The molecule has 18 heavy (non-hydrogen) atoms. The zero-order valence-electron chi connectivity index (χ0n) is 9.16. The molecule has 1 aliphatic rings. The van der Waals surface area contributed by atoms with Crippen molar-refractivity contribution in [2.45, 2.75) is 0 Å². The van der Waals surface area contributed by atoms with Crippen LogP contribution in [0.4, 0.5) is 10.5 Å².